The fourth-order valence-electron chi connectivity index (χ4n) is 4.93. The van der Waals surface area contributed by atoms with E-state index in [1.807, 2.05) is 48.7 Å². The molecule has 0 atom stereocenters. The van der Waals surface area contributed by atoms with Gasteiger partial charge in [0.25, 0.3) is 0 Å². The minimum atomic E-state index is -2.29. The van der Waals surface area contributed by atoms with Crippen LogP contribution in [0.3, 0.4) is 0 Å². The maximum absolute atomic E-state index is 13.8. The van der Waals surface area contributed by atoms with Crippen LogP contribution >= 0.6 is 11.3 Å². The molecule has 0 aliphatic carbocycles. The third kappa shape index (κ3) is 7.34. The van der Waals surface area contributed by atoms with Crippen molar-refractivity contribution < 1.29 is 32.7 Å². The van der Waals surface area contributed by atoms with Gasteiger partial charge in [0.2, 0.25) is 0 Å². The van der Waals surface area contributed by atoms with Gasteiger partial charge in [0.15, 0.2) is 0 Å². The zero-order chi connectivity index (χ0) is 35.8. The molecule has 0 aliphatic heterocycles. The van der Waals surface area contributed by atoms with Crippen LogP contribution in [0.25, 0.3) is 53.8 Å². The molecule has 0 bridgehead atoms. The Morgan fingerprint density at radius 1 is 0.800 bits per heavy atom. The first-order valence-electron chi connectivity index (χ1n) is 17.2. The third-order valence-electron chi connectivity index (χ3n) is 7.36. The van der Waals surface area contributed by atoms with Gasteiger partial charge >= 0.3 is 110 Å². The molecule has 4 aromatic carbocycles. The Hall–Kier alpha value is -3.48. The van der Waals surface area contributed by atoms with Crippen molar-refractivity contribution in [2.24, 2.45) is 0 Å². The molecule has 0 amide bonds. The molecule has 7 aromatic rings. The number of aryl methyl sites for hydroxylation is 2. The summed E-state index contributed by atoms with van der Waals surface area (Å²) in [5.41, 5.74) is 4.87. The van der Waals surface area contributed by atoms with E-state index in [4.69, 9.17) is 8.22 Å². The summed E-state index contributed by atoms with van der Waals surface area (Å²) in [6.07, 6.45) is 3.56. The number of hydrogen-bond acceptors (Lipinski definition) is 3. The summed E-state index contributed by atoms with van der Waals surface area (Å²) in [6, 6.07) is 34.7. The summed E-state index contributed by atoms with van der Waals surface area (Å²) < 4.78 is 63.2. The molecule has 0 unspecified atom stereocenters. The Balaban J connectivity index is 0.000000211. The molecule has 3 aromatic heterocycles. The summed E-state index contributed by atoms with van der Waals surface area (Å²) >= 11 is -0.304. The zero-order valence-corrected chi connectivity index (χ0v) is 30.2. The average molecular weight is 852 g/mol. The SMILES string of the molecule is [2H]C([2H])([2H])c1c[c-]c(-c2cc[c]([Ge]([CH3])([CH3])[CH3])cn2)cc1.[2H]C([2H])([2H])c1cc(-c2[c-]ccc3c2sc2ccc(F)cc23)ncc1-c1ccccc1.[Ir]. The maximum Gasteiger partial charge on any atom is 0.123 e. The molecule has 0 saturated heterocycles. The van der Waals surface area contributed by atoms with E-state index in [-0.39, 0.29) is 31.5 Å². The smallest absolute Gasteiger partial charge is 0.123 e. The standard InChI is InChI=1S/C24H15FNS.C15H18GeN.Ir/c1-15-12-22(26-14-21(15)16-6-3-2-4-7-16)19-9-5-8-18-20-13-17(25)10-11-23(20)27-24(18)19;1-12-5-7-13(8-6-12)15-10-9-14(11-17-15)16(2,3)4;/h2-8,10-14H,1H3;5-7,9-11H,1-4H3;/q2*-1;/i2*1D3;. The summed E-state index contributed by atoms with van der Waals surface area (Å²) in [5.74, 6) is 6.70. The van der Waals surface area contributed by atoms with Gasteiger partial charge in [-0.15, -0.1) is 23.8 Å². The van der Waals surface area contributed by atoms with Crippen LogP contribution in [0.2, 0.25) is 17.3 Å². The molecule has 7 rings (SSSR count). The second kappa shape index (κ2) is 13.9. The number of rotatable bonds is 4. The van der Waals surface area contributed by atoms with Crippen molar-refractivity contribution in [1.29, 1.82) is 0 Å². The molecule has 0 saturated carbocycles. The van der Waals surface area contributed by atoms with Gasteiger partial charge in [-0.2, -0.15) is 11.3 Å². The summed E-state index contributed by atoms with van der Waals surface area (Å²) in [7, 11) is 0. The van der Waals surface area contributed by atoms with Gasteiger partial charge in [0.05, 0.1) is 0 Å². The van der Waals surface area contributed by atoms with Crippen LogP contribution in [0.15, 0.2) is 109 Å². The summed E-state index contributed by atoms with van der Waals surface area (Å²) in [4.78, 5) is 9.07. The first-order valence-corrected chi connectivity index (χ1v) is 22.3. The minimum Gasteiger partial charge on any atom is -0.304 e. The van der Waals surface area contributed by atoms with Gasteiger partial charge in [-0.25, -0.2) is 4.39 Å². The van der Waals surface area contributed by atoms with E-state index in [2.05, 4.69) is 45.4 Å². The molecule has 0 aliphatic rings. The van der Waals surface area contributed by atoms with Crippen LogP contribution in [0.4, 0.5) is 4.39 Å². The summed E-state index contributed by atoms with van der Waals surface area (Å²) in [5, 5.41) is 1.75. The second-order valence-electron chi connectivity index (χ2n) is 11.5. The van der Waals surface area contributed by atoms with Crippen molar-refractivity contribution in [1.82, 2.24) is 9.97 Å². The van der Waals surface area contributed by atoms with Gasteiger partial charge in [-0.3, -0.25) is 0 Å². The van der Waals surface area contributed by atoms with E-state index in [0.29, 0.717) is 16.8 Å². The van der Waals surface area contributed by atoms with Crippen LogP contribution in [-0.2, 0) is 20.1 Å². The fraction of sp³-hybridized carbons (Fsp3) is 0.128. The number of pyridine rings is 2. The molecular formula is C39H33FGeIrN2S-2. The number of thiophene rings is 1. The number of halogens is 1. The fourth-order valence-corrected chi connectivity index (χ4v) is 8.29. The predicted octanol–water partition coefficient (Wildman–Crippen LogP) is 10.4. The van der Waals surface area contributed by atoms with Crippen molar-refractivity contribution in [3.05, 3.63) is 139 Å². The van der Waals surface area contributed by atoms with E-state index in [0.717, 1.165) is 42.6 Å². The van der Waals surface area contributed by atoms with Crippen LogP contribution in [-0.4, -0.2) is 23.2 Å². The van der Waals surface area contributed by atoms with E-state index < -0.39 is 27.0 Å². The minimum absolute atomic E-state index is 0. The second-order valence-corrected chi connectivity index (χ2v) is 23.2. The molecule has 2 nitrogen and oxygen atoms in total. The molecule has 3 heterocycles. The molecule has 0 fully saturated rings. The number of fused-ring (bicyclic) bond motifs is 3. The van der Waals surface area contributed by atoms with Gasteiger partial charge < -0.3 is 4.98 Å². The van der Waals surface area contributed by atoms with E-state index in [1.54, 1.807) is 36.5 Å². The Morgan fingerprint density at radius 2 is 1.62 bits per heavy atom. The average Bonchev–Trinajstić information content (AvgIpc) is 3.46. The van der Waals surface area contributed by atoms with E-state index in [9.17, 15) is 4.39 Å². The molecule has 6 heteroatoms. The van der Waals surface area contributed by atoms with Crippen molar-refractivity contribution in [3.63, 3.8) is 0 Å². The van der Waals surface area contributed by atoms with Crippen LogP contribution in [0.1, 0.15) is 19.4 Å². The molecule has 0 spiro atoms. The van der Waals surface area contributed by atoms with E-state index >= 15 is 0 Å². The Morgan fingerprint density at radius 3 is 2.31 bits per heavy atom. The van der Waals surface area contributed by atoms with Gasteiger partial charge in [0.1, 0.15) is 5.82 Å². The quantitative estimate of drug-likeness (QED) is 0.130. The molecule has 45 heavy (non-hydrogen) atoms. The predicted molar refractivity (Wildman–Crippen MR) is 188 cm³/mol. The normalized spacial score (nSPS) is 13.7. The van der Waals surface area contributed by atoms with Gasteiger partial charge in [-0.05, 0) is 52.0 Å². The van der Waals surface area contributed by atoms with Gasteiger partial charge in [0, 0.05) is 40.7 Å². The molecule has 0 N–H and O–H groups in total. The van der Waals surface area contributed by atoms with E-state index in [1.165, 1.54) is 33.9 Å². The van der Waals surface area contributed by atoms with Crippen LogP contribution in [0, 0.1) is 31.7 Å². The molecular weight excluding hydrogens is 812 g/mol. The Labute approximate surface area is 293 Å². The Kier molecular flexibility index (Phi) is 7.92. The van der Waals surface area contributed by atoms with Crippen molar-refractivity contribution >= 4 is 49.2 Å². The van der Waals surface area contributed by atoms with Crippen molar-refractivity contribution in [2.45, 2.75) is 31.0 Å². The zero-order valence-electron chi connectivity index (χ0n) is 30.9. The van der Waals surface area contributed by atoms with Gasteiger partial charge in [-0.1, -0.05) is 41.8 Å². The first kappa shape index (κ1) is 25.7. The summed E-state index contributed by atoms with van der Waals surface area (Å²) in [6.45, 7) is -4.37. The topological polar surface area (TPSA) is 25.8 Å². The van der Waals surface area contributed by atoms with Crippen molar-refractivity contribution in [3.8, 4) is 33.6 Å². The maximum atomic E-state index is 13.8. The van der Waals surface area contributed by atoms with Crippen molar-refractivity contribution in [2.75, 3.05) is 0 Å². The largest absolute Gasteiger partial charge is 0.304 e. The molecule has 227 valence electrons. The van der Waals surface area contributed by atoms with Crippen LogP contribution < -0.4 is 4.40 Å². The number of aromatic nitrogens is 2. The molecule has 1 radical (unpaired) electrons. The monoisotopic (exact) mass is 853 g/mol. The number of nitrogens with zero attached hydrogens (tertiary/aromatic N) is 2. The third-order valence-corrected chi connectivity index (χ3v) is 12.8. The number of benzene rings is 4. The first-order chi connectivity index (χ1) is 23.6. The van der Waals surface area contributed by atoms with Crippen LogP contribution in [0.5, 0.6) is 0 Å². The number of hydrogen-bond donors (Lipinski definition) is 0. The Bertz CT molecular complexity index is 2230.